The fraction of sp³-hybridized carbons (Fsp3) is 0.531. The van der Waals surface area contributed by atoms with E-state index in [2.05, 4.69) is 19.2 Å². The minimum Gasteiger partial charge on any atom is -0.497 e. The number of ether oxygens (including phenoxy) is 1. The molecule has 1 aliphatic heterocycles. The lowest BCUT2D eigenvalue weighted by Gasteiger charge is -2.30. The second-order valence-electron chi connectivity index (χ2n) is 11.6. The number of anilines is 1. The molecular formula is C32H44N4O3. The van der Waals surface area contributed by atoms with E-state index in [9.17, 15) is 9.59 Å². The molecule has 1 fully saturated rings. The summed E-state index contributed by atoms with van der Waals surface area (Å²) in [6, 6.07) is 15.4. The maximum atomic E-state index is 13.8. The number of rotatable bonds is 12. The van der Waals surface area contributed by atoms with Crippen LogP contribution in [0.15, 0.2) is 53.5 Å². The van der Waals surface area contributed by atoms with E-state index in [-0.39, 0.29) is 11.8 Å². The lowest BCUT2D eigenvalue weighted by Crippen LogP contribution is -2.44. The van der Waals surface area contributed by atoms with Crippen molar-refractivity contribution in [2.24, 2.45) is 22.6 Å². The van der Waals surface area contributed by atoms with E-state index in [0.717, 1.165) is 36.1 Å². The van der Waals surface area contributed by atoms with Crippen LogP contribution in [0.5, 0.6) is 5.75 Å². The van der Waals surface area contributed by atoms with Crippen LogP contribution in [0, 0.1) is 11.8 Å². The highest BCUT2D eigenvalue weighted by atomic mass is 16.5. The van der Waals surface area contributed by atoms with Crippen LogP contribution in [0.25, 0.3) is 0 Å². The molecule has 2 aliphatic rings. The quantitative estimate of drug-likeness (QED) is 0.347. The van der Waals surface area contributed by atoms with Gasteiger partial charge in [-0.25, -0.2) is 4.99 Å². The fourth-order valence-corrected chi connectivity index (χ4v) is 6.00. The zero-order valence-electron chi connectivity index (χ0n) is 23.7. The molecular weight excluding hydrogens is 488 g/mol. The lowest BCUT2D eigenvalue weighted by molar-refractivity contribution is -0.132. The number of aryl methyl sites for hydroxylation is 1. The largest absolute Gasteiger partial charge is 0.497 e. The minimum absolute atomic E-state index is 0.0443. The molecule has 0 spiro atoms. The van der Waals surface area contributed by atoms with Crippen LogP contribution >= 0.6 is 0 Å². The summed E-state index contributed by atoms with van der Waals surface area (Å²) in [5.41, 5.74) is 8.43. The standard InChI is InChI=1S/C32H44N4O3/c1-23(2)21-32(19-18-24-8-5-4-6-9-24)30(38)36(31(33)35-32)22-26-14-12-25(13-15-26)16-17-29(37)34-27-10-7-11-28(20-27)39-3/h7,10-15,20,23-24H,4-6,8-9,16-19,21-22H2,1-3H3,(H2,33,35)(H,34,37). The molecule has 2 aromatic carbocycles. The van der Waals surface area contributed by atoms with Crippen molar-refractivity contribution in [3.8, 4) is 5.75 Å². The number of nitrogens with one attached hydrogen (secondary N) is 1. The number of hydrogen-bond donors (Lipinski definition) is 2. The van der Waals surface area contributed by atoms with Crippen LogP contribution in [-0.4, -0.2) is 35.3 Å². The van der Waals surface area contributed by atoms with Crippen molar-refractivity contribution in [3.05, 3.63) is 59.7 Å². The van der Waals surface area contributed by atoms with Gasteiger partial charge < -0.3 is 15.8 Å². The summed E-state index contributed by atoms with van der Waals surface area (Å²) in [5.74, 6) is 2.10. The number of methoxy groups -OCH3 is 1. The Morgan fingerprint density at radius 2 is 1.85 bits per heavy atom. The van der Waals surface area contributed by atoms with Crippen LogP contribution in [-0.2, 0) is 22.6 Å². The monoisotopic (exact) mass is 532 g/mol. The average Bonchev–Trinajstić information content (AvgIpc) is 3.16. The van der Waals surface area contributed by atoms with Gasteiger partial charge in [0.15, 0.2) is 5.96 Å². The molecule has 1 saturated carbocycles. The van der Waals surface area contributed by atoms with E-state index >= 15 is 0 Å². The van der Waals surface area contributed by atoms with Crippen molar-refractivity contribution in [1.29, 1.82) is 0 Å². The number of nitrogens with two attached hydrogens (primary N) is 1. The van der Waals surface area contributed by atoms with Crippen molar-refractivity contribution >= 4 is 23.5 Å². The number of amides is 2. The predicted molar refractivity (Wildman–Crippen MR) is 157 cm³/mol. The molecule has 0 aromatic heterocycles. The Balaban J connectivity index is 1.33. The Hall–Kier alpha value is -3.35. The zero-order chi connectivity index (χ0) is 27.8. The summed E-state index contributed by atoms with van der Waals surface area (Å²) < 4.78 is 5.21. The van der Waals surface area contributed by atoms with E-state index in [4.69, 9.17) is 15.5 Å². The number of nitrogens with zero attached hydrogens (tertiary/aromatic N) is 2. The Morgan fingerprint density at radius 1 is 1.13 bits per heavy atom. The van der Waals surface area contributed by atoms with Crippen molar-refractivity contribution in [1.82, 2.24) is 4.90 Å². The second-order valence-corrected chi connectivity index (χ2v) is 11.6. The smallest absolute Gasteiger partial charge is 0.257 e. The van der Waals surface area contributed by atoms with Crippen molar-refractivity contribution in [2.45, 2.75) is 90.1 Å². The topological polar surface area (TPSA) is 97.0 Å². The molecule has 7 nitrogen and oxygen atoms in total. The molecule has 0 radical (unpaired) electrons. The van der Waals surface area contributed by atoms with E-state index in [1.807, 2.05) is 42.5 Å². The van der Waals surface area contributed by atoms with Gasteiger partial charge in [-0.05, 0) is 60.8 Å². The van der Waals surface area contributed by atoms with E-state index < -0.39 is 5.54 Å². The molecule has 0 bridgehead atoms. The van der Waals surface area contributed by atoms with Gasteiger partial charge in [-0.3, -0.25) is 14.5 Å². The third-order valence-electron chi connectivity index (χ3n) is 8.04. The maximum Gasteiger partial charge on any atom is 0.257 e. The zero-order valence-corrected chi connectivity index (χ0v) is 23.7. The number of hydrogen-bond acceptors (Lipinski definition) is 5. The summed E-state index contributed by atoms with van der Waals surface area (Å²) >= 11 is 0. The molecule has 39 heavy (non-hydrogen) atoms. The minimum atomic E-state index is -0.730. The molecule has 7 heteroatoms. The number of aliphatic imine (C=N–C) groups is 1. The summed E-state index contributed by atoms with van der Waals surface area (Å²) in [5, 5.41) is 2.92. The van der Waals surface area contributed by atoms with Crippen LogP contribution < -0.4 is 15.8 Å². The third kappa shape index (κ3) is 7.61. The van der Waals surface area contributed by atoms with Gasteiger partial charge in [0.25, 0.3) is 5.91 Å². The fourth-order valence-electron chi connectivity index (χ4n) is 6.00. The molecule has 2 aromatic rings. The van der Waals surface area contributed by atoms with Crippen molar-refractivity contribution in [3.63, 3.8) is 0 Å². The van der Waals surface area contributed by atoms with Crippen molar-refractivity contribution in [2.75, 3.05) is 12.4 Å². The number of carbonyl (C=O) groups is 2. The van der Waals surface area contributed by atoms with Gasteiger partial charge in [0.2, 0.25) is 5.91 Å². The number of guanidine groups is 1. The van der Waals surface area contributed by atoms with Gasteiger partial charge in [0, 0.05) is 18.2 Å². The van der Waals surface area contributed by atoms with Crippen LogP contribution in [0.1, 0.15) is 82.8 Å². The van der Waals surface area contributed by atoms with Gasteiger partial charge >= 0.3 is 0 Å². The second kappa shape index (κ2) is 13.1. The molecule has 1 aliphatic carbocycles. The first-order chi connectivity index (χ1) is 18.8. The Kier molecular flexibility index (Phi) is 9.65. The lowest BCUT2D eigenvalue weighted by atomic mass is 9.79. The van der Waals surface area contributed by atoms with Gasteiger partial charge in [-0.15, -0.1) is 0 Å². The SMILES string of the molecule is COc1cccc(NC(=O)CCc2ccc(CN3C(=O)C(CCC4CCCCC4)(CC(C)C)N=C3N)cc2)c1. The normalized spacial score (nSPS) is 19.8. The third-order valence-corrected chi connectivity index (χ3v) is 8.04. The summed E-state index contributed by atoms with van der Waals surface area (Å²) in [6.45, 7) is 4.72. The molecule has 210 valence electrons. The van der Waals surface area contributed by atoms with Crippen LogP contribution in [0.3, 0.4) is 0 Å². The molecule has 1 atom stereocenters. The van der Waals surface area contributed by atoms with Gasteiger partial charge in [0.1, 0.15) is 11.3 Å². The van der Waals surface area contributed by atoms with Crippen LogP contribution in [0.2, 0.25) is 0 Å². The molecule has 2 amide bonds. The summed E-state index contributed by atoms with van der Waals surface area (Å²) in [7, 11) is 1.60. The first kappa shape index (κ1) is 28.7. The highest BCUT2D eigenvalue weighted by Gasteiger charge is 2.47. The first-order valence-corrected chi connectivity index (χ1v) is 14.5. The molecule has 0 saturated heterocycles. The summed E-state index contributed by atoms with van der Waals surface area (Å²) in [6.07, 6.45) is 10.0. The van der Waals surface area contributed by atoms with Gasteiger partial charge in [-0.2, -0.15) is 0 Å². The highest BCUT2D eigenvalue weighted by Crippen LogP contribution is 2.37. The average molecular weight is 533 g/mol. The maximum absolute atomic E-state index is 13.8. The van der Waals surface area contributed by atoms with Gasteiger partial charge in [0.05, 0.1) is 13.7 Å². The van der Waals surface area contributed by atoms with E-state index in [1.165, 1.54) is 32.1 Å². The van der Waals surface area contributed by atoms with E-state index in [1.54, 1.807) is 18.1 Å². The summed E-state index contributed by atoms with van der Waals surface area (Å²) in [4.78, 5) is 32.7. The number of carbonyl (C=O) groups excluding carboxylic acids is 2. The van der Waals surface area contributed by atoms with Gasteiger partial charge in [-0.1, -0.05) is 76.3 Å². The predicted octanol–water partition coefficient (Wildman–Crippen LogP) is 6.07. The Bertz CT molecular complexity index is 1150. The first-order valence-electron chi connectivity index (χ1n) is 14.5. The Labute approximate surface area is 233 Å². The molecule has 4 rings (SSSR count). The van der Waals surface area contributed by atoms with Crippen molar-refractivity contribution < 1.29 is 14.3 Å². The molecule has 1 heterocycles. The number of benzene rings is 2. The Morgan fingerprint density at radius 3 is 2.54 bits per heavy atom. The highest BCUT2D eigenvalue weighted by molar-refractivity contribution is 6.06. The molecule has 1 unspecified atom stereocenters. The van der Waals surface area contributed by atoms with E-state index in [0.29, 0.717) is 42.9 Å². The molecule has 3 N–H and O–H groups in total. The van der Waals surface area contributed by atoms with Crippen LogP contribution in [0.4, 0.5) is 5.69 Å².